The third-order valence-electron chi connectivity index (χ3n) is 1.81. The Bertz CT molecular complexity index is 301. The summed E-state index contributed by atoms with van der Waals surface area (Å²) in [6.07, 6.45) is 0. The average molecular weight is 296 g/mol. The van der Waals surface area contributed by atoms with Crippen LogP contribution in [0.25, 0.3) is 0 Å². The summed E-state index contributed by atoms with van der Waals surface area (Å²) in [5, 5.41) is 5.34. The Kier molecular flexibility index (Phi) is 5.93. The molecule has 1 heterocycles. The summed E-state index contributed by atoms with van der Waals surface area (Å²) in [4.78, 5) is 1.30. The molecule has 80 valence electrons. The molecule has 0 amide bonds. The fraction of sp³-hybridized carbons (Fsp3) is 0.556. The van der Waals surface area contributed by atoms with Crippen molar-refractivity contribution in [3.05, 3.63) is 20.8 Å². The van der Waals surface area contributed by atoms with Gasteiger partial charge in [-0.05, 0) is 27.4 Å². The molecule has 0 saturated heterocycles. The number of nitrogens with one attached hydrogen (secondary N) is 1. The van der Waals surface area contributed by atoms with Gasteiger partial charge in [-0.1, -0.05) is 6.92 Å². The van der Waals surface area contributed by atoms with E-state index >= 15 is 0 Å². The number of rotatable bonds is 6. The van der Waals surface area contributed by atoms with Gasteiger partial charge in [-0.25, -0.2) is 0 Å². The van der Waals surface area contributed by atoms with Crippen molar-refractivity contribution in [2.45, 2.75) is 13.5 Å². The van der Waals surface area contributed by atoms with Crippen LogP contribution in [0.4, 0.5) is 0 Å². The van der Waals surface area contributed by atoms with Gasteiger partial charge in [0.25, 0.3) is 0 Å². The fourth-order valence-electron chi connectivity index (χ4n) is 0.983. The van der Waals surface area contributed by atoms with Crippen molar-refractivity contribution in [3.63, 3.8) is 0 Å². The summed E-state index contributed by atoms with van der Waals surface area (Å²) in [6.45, 7) is 3.63. The summed E-state index contributed by atoms with van der Waals surface area (Å²) in [5.74, 6) is 1.50. The minimum absolute atomic E-state index is 0.651. The Labute approximate surface area is 99.7 Å². The first-order valence-corrected chi connectivity index (χ1v) is 7.67. The largest absolute Gasteiger partial charge is 0.311 e. The maximum atomic E-state index is 11.1. The molecule has 0 saturated carbocycles. The summed E-state index contributed by atoms with van der Waals surface area (Å²) >= 11 is 5.20. The van der Waals surface area contributed by atoms with Crippen LogP contribution in [0.3, 0.4) is 0 Å². The lowest BCUT2D eigenvalue weighted by molar-refractivity contribution is 0.674. The highest BCUT2D eigenvalue weighted by Gasteiger charge is 2.00. The van der Waals surface area contributed by atoms with Crippen molar-refractivity contribution in [1.82, 2.24) is 5.32 Å². The zero-order valence-corrected chi connectivity index (χ0v) is 11.3. The molecular formula is C9H14BrNOS2. The number of hydrogen-bond acceptors (Lipinski definition) is 3. The van der Waals surface area contributed by atoms with E-state index in [1.807, 2.05) is 13.0 Å². The molecule has 1 N–H and O–H groups in total. The van der Waals surface area contributed by atoms with Crippen molar-refractivity contribution in [2.24, 2.45) is 0 Å². The lowest BCUT2D eigenvalue weighted by atomic mass is 10.4. The molecule has 0 fully saturated rings. The number of thiophene rings is 1. The van der Waals surface area contributed by atoms with Gasteiger partial charge in [0.05, 0.1) is 0 Å². The van der Waals surface area contributed by atoms with E-state index in [1.165, 1.54) is 4.88 Å². The molecule has 0 aromatic carbocycles. The van der Waals surface area contributed by atoms with Gasteiger partial charge in [-0.3, -0.25) is 4.21 Å². The van der Waals surface area contributed by atoms with Crippen molar-refractivity contribution in [3.8, 4) is 0 Å². The van der Waals surface area contributed by atoms with Crippen LogP contribution in [0.1, 0.15) is 11.8 Å². The van der Waals surface area contributed by atoms with Crippen molar-refractivity contribution >= 4 is 38.1 Å². The van der Waals surface area contributed by atoms with Crippen LogP contribution in [0.5, 0.6) is 0 Å². The van der Waals surface area contributed by atoms with Gasteiger partial charge < -0.3 is 5.32 Å². The Hall–Kier alpha value is 0.290. The molecular weight excluding hydrogens is 282 g/mol. The third kappa shape index (κ3) is 4.21. The van der Waals surface area contributed by atoms with Crippen LogP contribution >= 0.6 is 27.3 Å². The average Bonchev–Trinajstić information content (AvgIpc) is 2.58. The smallest absolute Gasteiger partial charge is 0.0360 e. The maximum absolute atomic E-state index is 11.1. The predicted octanol–water partition coefficient (Wildman–Crippen LogP) is 2.37. The lowest BCUT2D eigenvalue weighted by Crippen LogP contribution is -2.20. The normalized spacial score (nSPS) is 13.0. The highest BCUT2D eigenvalue weighted by molar-refractivity contribution is 9.10. The van der Waals surface area contributed by atoms with E-state index in [2.05, 4.69) is 26.6 Å². The van der Waals surface area contributed by atoms with E-state index in [9.17, 15) is 4.21 Å². The van der Waals surface area contributed by atoms with E-state index in [4.69, 9.17) is 0 Å². The maximum Gasteiger partial charge on any atom is 0.0360 e. The standard InChI is InChI=1S/C9H14BrNOS2/c1-2-14(12)6-4-11-7-9-8(10)3-5-13-9/h3,5,11H,2,4,6-7H2,1H3. The van der Waals surface area contributed by atoms with Crippen molar-refractivity contribution in [2.75, 3.05) is 18.1 Å². The molecule has 0 aliphatic heterocycles. The molecule has 1 rings (SSSR count). The first kappa shape index (κ1) is 12.4. The van der Waals surface area contributed by atoms with E-state index < -0.39 is 10.8 Å². The molecule has 1 aromatic rings. The van der Waals surface area contributed by atoms with Gasteiger partial charge in [0.1, 0.15) is 0 Å². The lowest BCUT2D eigenvalue weighted by Gasteiger charge is -2.02. The third-order valence-corrected chi connectivity index (χ3v) is 5.03. The second-order valence-electron chi connectivity index (χ2n) is 2.80. The molecule has 0 radical (unpaired) electrons. The highest BCUT2D eigenvalue weighted by Crippen LogP contribution is 2.21. The van der Waals surface area contributed by atoms with Crippen LogP contribution < -0.4 is 5.32 Å². The first-order valence-electron chi connectivity index (χ1n) is 4.51. The van der Waals surface area contributed by atoms with E-state index in [-0.39, 0.29) is 0 Å². The highest BCUT2D eigenvalue weighted by atomic mass is 79.9. The Morgan fingerprint density at radius 1 is 1.64 bits per heavy atom. The molecule has 1 aromatic heterocycles. The van der Waals surface area contributed by atoms with Gasteiger partial charge in [-0.15, -0.1) is 11.3 Å². The number of halogens is 1. The molecule has 0 bridgehead atoms. The quantitative estimate of drug-likeness (QED) is 0.817. The SMILES string of the molecule is CCS(=O)CCNCc1sccc1Br. The van der Waals surface area contributed by atoms with Crippen molar-refractivity contribution < 1.29 is 4.21 Å². The second-order valence-corrected chi connectivity index (χ2v) is 6.52. The summed E-state index contributed by atoms with van der Waals surface area (Å²) in [6, 6.07) is 2.05. The van der Waals surface area contributed by atoms with Crippen LogP contribution in [-0.4, -0.2) is 22.3 Å². The van der Waals surface area contributed by atoms with Gasteiger partial charge in [0, 0.05) is 44.7 Å². The monoisotopic (exact) mass is 295 g/mol. The minimum atomic E-state index is -0.651. The summed E-state index contributed by atoms with van der Waals surface area (Å²) in [7, 11) is -0.651. The Balaban J connectivity index is 2.16. The molecule has 0 spiro atoms. The van der Waals surface area contributed by atoms with Gasteiger partial charge in [0.2, 0.25) is 0 Å². The Morgan fingerprint density at radius 3 is 3.00 bits per heavy atom. The molecule has 0 aliphatic carbocycles. The topological polar surface area (TPSA) is 29.1 Å². The summed E-state index contributed by atoms with van der Waals surface area (Å²) in [5.41, 5.74) is 0. The second kappa shape index (κ2) is 6.71. The van der Waals surface area contributed by atoms with Gasteiger partial charge in [-0.2, -0.15) is 0 Å². The zero-order chi connectivity index (χ0) is 10.4. The van der Waals surface area contributed by atoms with Crippen molar-refractivity contribution in [1.29, 1.82) is 0 Å². The summed E-state index contributed by atoms with van der Waals surface area (Å²) < 4.78 is 12.3. The van der Waals surface area contributed by atoms with Crippen LogP contribution in [-0.2, 0) is 17.3 Å². The molecule has 1 atom stereocenters. The molecule has 14 heavy (non-hydrogen) atoms. The molecule has 5 heteroatoms. The predicted molar refractivity (Wildman–Crippen MR) is 67.3 cm³/mol. The minimum Gasteiger partial charge on any atom is -0.311 e. The van der Waals surface area contributed by atoms with Gasteiger partial charge >= 0.3 is 0 Å². The zero-order valence-electron chi connectivity index (χ0n) is 8.09. The first-order chi connectivity index (χ1) is 6.74. The van der Waals surface area contributed by atoms with Crippen LogP contribution in [0.15, 0.2) is 15.9 Å². The molecule has 0 aliphatic rings. The van der Waals surface area contributed by atoms with E-state index in [1.54, 1.807) is 11.3 Å². The molecule has 1 unspecified atom stereocenters. The fourth-order valence-corrected chi connectivity index (χ4v) is 3.11. The van der Waals surface area contributed by atoms with Crippen LogP contribution in [0.2, 0.25) is 0 Å². The van der Waals surface area contributed by atoms with E-state index in [0.29, 0.717) is 0 Å². The van der Waals surface area contributed by atoms with Crippen LogP contribution in [0, 0.1) is 0 Å². The molecule has 2 nitrogen and oxygen atoms in total. The van der Waals surface area contributed by atoms with Gasteiger partial charge in [0.15, 0.2) is 0 Å². The number of hydrogen-bond donors (Lipinski definition) is 1. The Morgan fingerprint density at radius 2 is 2.43 bits per heavy atom. The van der Waals surface area contributed by atoms with E-state index in [0.717, 1.165) is 29.1 Å².